The number of thiazole rings is 1. The molecule has 1 N–H and O–H groups in total. The number of carbonyl (C=O) groups excluding carboxylic acids is 1. The lowest BCUT2D eigenvalue weighted by molar-refractivity contribution is -0.123. The topological polar surface area (TPSA) is 60.5 Å². The summed E-state index contributed by atoms with van der Waals surface area (Å²) in [6.07, 6.45) is 1.70. The second kappa shape index (κ2) is 8.54. The van der Waals surface area contributed by atoms with E-state index in [-0.39, 0.29) is 12.5 Å². The standard InChI is InChI=1S/C22H18N2O3S/c25-21(15-26-20-10-7-17-3-1-2-4-18(17)13-20)24-14-16-5-8-19(9-6-16)27-22-23-11-12-28-22/h1-13H,14-15H2,(H,24,25). The van der Waals surface area contributed by atoms with Crippen LogP contribution in [0.2, 0.25) is 0 Å². The fourth-order valence-electron chi connectivity index (χ4n) is 2.69. The molecule has 1 heterocycles. The monoisotopic (exact) mass is 390 g/mol. The SMILES string of the molecule is O=C(COc1ccc2ccccc2c1)NCc1ccc(Oc2nccs2)cc1. The van der Waals surface area contributed by atoms with Crippen molar-refractivity contribution in [1.29, 1.82) is 0 Å². The first-order valence-corrected chi connectivity index (χ1v) is 9.69. The lowest BCUT2D eigenvalue weighted by atomic mass is 10.1. The zero-order valence-electron chi connectivity index (χ0n) is 15.0. The minimum Gasteiger partial charge on any atom is -0.484 e. The molecule has 4 aromatic rings. The molecule has 6 heteroatoms. The number of carbonyl (C=O) groups is 1. The number of aromatic nitrogens is 1. The highest BCUT2D eigenvalue weighted by Crippen LogP contribution is 2.23. The van der Waals surface area contributed by atoms with Gasteiger partial charge in [-0.05, 0) is 40.6 Å². The molecule has 28 heavy (non-hydrogen) atoms. The molecule has 1 aromatic heterocycles. The molecule has 5 nitrogen and oxygen atoms in total. The lowest BCUT2D eigenvalue weighted by Crippen LogP contribution is -2.28. The maximum atomic E-state index is 12.1. The van der Waals surface area contributed by atoms with Crippen LogP contribution >= 0.6 is 11.3 Å². The van der Waals surface area contributed by atoms with Crippen LogP contribution in [0.15, 0.2) is 78.3 Å². The molecular weight excluding hydrogens is 372 g/mol. The molecule has 0 unspecified atom stereocenters. The Hall–Kier alpha value is -3.38. The minimum atomic E-state index is -0.170. The van der Waals surface area contributed by atoms with Crippen LogP contribution in [0.25, 0.3) is 10.8 Å². The fraction of sp³-hybridized carbons (Fsp3) is 0.0909. The maximum absolute atomic E-state index is 12.1. The molecular formula is C22H18N2O3S. The summed E-state index contributed by atoms with van der Waals surface area (Å²) < 4.78 is 11.2. The Kier molecular flexibility index (Phi) is 5.49. The van der Waals surface area contributed by atoms with Crippen LogP contribution in [0, 0.1) is 0 Å². The zero-order chi connectivity index (χ0) is 19.2. The van der Waals surface area contributed by atoms with E-state index in [1.165, 1.54) is 11.3 Å². The van der Waals surface area contributed by atoms with Crippen LogP contribution in [0.4, 0.5) is 0 Å². The van der Waals surface area contributed by atoms with Gasteiger partial charge in [0.05, 0.1) is 0 Å². The highest BCUT2D eigenvalue weighted by atomic mass is 32.1. The van der Waals surface area contributed by atoms with Crippen LogP contribution in [-0.2, 0) is 11.3 Å². The van der Waals surface area contributed by atoms with E-state index in [0.717, 1.165) is 16.3 Å². The lowest BCUT2D eigenvalue weighted by Gasteiger charge is -2.09. The Morgan fingerprint density at radius 3 is 2.54 bits per heavy atom. The Bertz CT molecular complexity index is 1060. The zero-order valence-corrected chi connectivity index (χ0v) is 15.8. The maximum Gasteiger partial charge on any atom is 0.278 e. The highest BCUT2D eigenvalue weighted by Gasteiger charge is 2.05. The van der Waals surface area contributed by atoms with Crippen molar-refractivity contribution in [1.82, 2.24) is 10.3 Å². The van der Waals surface area contributed by atoms with E-state index in [2.05, 4.69) is 10.3 Å². The number of amides is 1. The van der Waals surface area contributed by atoms with Crippen molar-refractivity contribution in [2.45, 2.75) is 6.54 Å². The van der Waals surface area contributed by atoms with Gasteiger partial charge in [0.2, 0.25) is 0 Å². The smallest absolute Gasteiger partial charge is 0.278 e. The number of benzene rings is 3. The van der Waals surface area contributed by atoms with Crippen LogP contribution in [0.1, 0.15) is 5.56 Å². The quantitative estimate of drug-likeness (QED) is 0.493. The van der Waals surface area contributed by atoms with Gasteiger partial charge in [0.25, 0.3) is 11.1 Å². The van der Waals surface area contributed by atoms with E-state index in [9.17, 15) is 4.79 Å². The van der Waals surface area contributed by atoms with E-state index in [1.807, 2.05) is 72.1 Å². The molecule has 0 atom stereocenters. The molecule has 0 bridgehead atoms. The van der Waals surface area contributed by atoms with Crippen LogP contribution in [-0.4, -0.2) is 17.5 Å². The van der Waals surface area contributed by atoms with Gasteiger partial charge in [0, 0.05) is 18.1 Å². The largest absolute Gasteiger partial charge is 0.484 e. The fourth-order valence-corrected chi connectivity index (χ4v) is 3.20. The molecule has 0 saturated carbocycles. The van der Waals surface area contributed by atoms with Gasteiger partial charge in [-0.3, -0.25) is 4.79 Å². The van der Waals surface area contributed by atoms with Gasteiger partial charge in [-0.15, -0.1) is 0 Å². The van der Waals surface area contributed by atoms with Crippen LogP contribution < -0.4 is 14.8 Å². The number of rotatable bonds is 7. The van der Waals surface area contributed by atoms with Gasteiger partial charge in [0.15, 0.2) is 6.61 Å². The highest BCUT2D eigenvalue weighted by molar-refractivity contribution is 7.11. The van der Waals surface area contributed by atoms with Crippen LogP contribution in [0.3, 0.4) is 0 Å². The van der Waals surface area contributed by atoms with Gasteiger partial charge in [-0.2, -0.15) is 0 Å². The van der Waals surface area contributed by atoms with Gasteiger partial charge in [-0.1, -0.05) is 53.8 Å². The number of hydrogen-bond donors (Lipinski definition) is 1. The first-order valence-electron chi connectivity index (χ1n) is 8.81. The summed E-state index contributed by atoms with van der Waals surface area (Å²) in [6.45, 7) is 0.404. The number of nitrogens with zero attached hydrogens (tertiary/aromatic N) is 1. The molecule has 0 aliphatic heterocycles. The van der Waals surface area contributed by atoms with Crippen molar-refractivity contribution in [2.24, 2.45) is 0 Å². The number of hydrogen-bond acceptors (Lipinski definition) is 5. The van der Waals surface area contributed by atoms with Gasteiger partial charge >= 0.3 is 0 Å². The van der Waals surface area contributed by atoms with Gasteiger partial charge < -0.3 is 14.8 Å². The van der Waals surface area contributed by atoms with Gasteiger partial charge in [-0.25, -0.2) is 4.98 Å². The molecule has 4 rings (SSSR count). The van der Waals surface area contributed by atoms with E-state index in [4.69, 9.17) is 9.47 Å². The Morgan fingerprint density at radius 2 is 1.75 bits per heavy atom. The minimum absolute atomic E-state index is 0.0242. The Balaban J connectivity index is 1.25. The summed E-state index contributed by atoms with van der Waals surface area (Å²) in [4.78, 5) is 16.1. The van der Waals surface area contributed by atoms with Crippen molar-refractivity contribution in [3.8, 4) is 16.7 Å². The summed E-state index contributed by atoms with van der Waals surface area (Å²) in [5.41, 5.74) is 0.977. The molecule has 1 amide bonds. The number of fused-ring (bicyclic) bond motifs is 1. The molecule has 0 saturated heterocycles. The number of ether oxygens (including phenoxy) is 2. The third-order valence-corrected chi connectivity index (χ3v) is 4.77. The molecule has 0 aliphatic rings. The van der Waals surface area contributed by atoms with E-state index >= 15 is 0 Å². The normalized spacial score (nSPS) is 10.6. The van der Waals surface area contributed by atoms with E-state index < -0.39 is 0 Å². The molecule has 0 radical (unpaired) electrons. The summed E-state index contributed by atoms with van der Waals surface area (Å²) >= 11 is 1.44. The van der Waals surface area contributed by atoms with Crippen molar-refractivity contribution in [3.05, 3.63) is 83.9 Å². The van der Waals surface area contributed by atoms with E-state index in [1.54, 1.807) is 6.20 Å². The third-order valence-electron chi connectivity index (χ3n) is 4.12. The number of nitrogens with one attached hydrogen (secondary N) is 1. The summed E-state index contributed by atoms with van der Waals surface area (Å²) in [6, 6.07) is 21.4. The van der Waals surface area contributed by atoms with E-state index in [0.29, 0.717) is 23.2 Å². The first-order chi connectivity index (χ1) is 13.8. The summed E-state index contributed by atoms with van der Waals surface area (Å²) in [7, 11) is 0. The molecule has 140 valence electrons. The summed E-state index contributed by atoms with van der Waals surface area (Å²) in [5.74, 6) is 1.22. The Labute approximate surface area is 166 Å². The molecule has 0 spiro atoms. The third kappa shape index (κ3) is 4.66. The Morgan fingerprint density at radius 1 is 0.964 bits per heavy atom. The first kappa shape index (κ1) is 18.0. The van der Waals surface area contributed by atoms with Crippen molar-refractivity contribution in [3.63, 3.8) is 0 Å². The molecule has 0 fully saturated rings. The predicted octanol–water partition coefficient (Wildman–Crippen LogP) is 4.78. The second-order valence-corrected chi connectivity index (χ2v) is 6.98. The molecule has 0 aliphatic carbocycles. The average Bonchev–Trinajstić information content (AvgIpc) is 3.24. The second-order valence-electron chi connectivity index (χ2n) is 6.12. The molecule has 3 aromatic carbocycles. The van der Waals surface area contributed by atoms with Crippen molar-refractivity contribution in [2.75, 3.05) is 6.61 Å². The summed E-state index contributed by atoms with van der Waals surface area (Å²) in [5, 5.41) is 7.54. The van der Waals surface area contributed by atoms with Crippen LogP contribution in [0.5, 0.6) is 16.7 Å². The van der Waals surface area contributed by atoms with Crippen molar-refractivity contribution >= 4 is 28.0 Å². The van der Waals surface area contributed by atoms with Gasteiger partial charge in [0.1, 0.15) is 11.5 Å². The average molecular weight is 390 g/mol. The van der Waals surface area contributed by atoms with Crippen molar-refractivity contribution < 1.29 is 14.3 Å². The predicted molar refractivity (Wildman–Crippen MR) is 110 cm³/mol.